The summed E-state index contributed by atoms with van der Waals surface area (Å²) >= 11 is 0. The second kappa shape index (κ2) is 8.26. The van der Waals surface area contributed by atoms with Crippen LogP contribution in [0.1, 0.15) is 98.8 Å². The van der Waals surface area contributed by atoms with Gasteiger partial charge in [0, 0.05) is 38.0 Å². The van der Waals surface area contributed by atoms with Crippen molar-refractivity contribution in [2.75, 3.05) is 0 Å². The fourth-order valence-corrected chi connectivity index (χ4v) is 5.17. The predicted octanol–water partition coefficient (Wildman–Crippen LogP) is 8.74. The quantitative estimate of drug-likeness (QED) is 0.338. The predicted molar refractivity (Wildman–Crippen MR) is 105 cm³/mol. The molecule has 4 aliphatic carbocycles. The van der Waals surface area contributed by atoms with Gasteiger partial charge >= 0.3 is 0 Å². The first-order valence-electron chi connectivity index (χ1n) is 11.1. The Labute approximate surface area is 172 Å². The summed E-state index contributed by atoms with van der Waals surface area (Å²) in [5.41, 5.74) is 0.0329. The zero-order chi connectivity index (χ0) is 22.3. The van der Waals surface area contributed by atoms with Crippen molar-refractivity contribution in [2.45, 2.75) is 117 Å². The van der Waals surface area contributed by atoms with E-state index in [1.54, 1.807) is 0 Å². The van der Waals surface area contributed by atoms with Crippen LogP contribution in [-0.4, -0.2) is 17.8 Å². The van der Waals surface area contributed by atoms with Crippen LogP contribution in [-0.2, 0) is 0 Å². The van der Waals surface area contributed by atoms with Crippen LogP contribution in [0.2, 0.25) is 0 Å². The number of hydrogen-bond donors (Lipinski definition) is 0. The molecule has 0 aromatic rings. The van der Waals surface area contributed by atoms with Gasteiger partial charge in [-0.2, -0.15) is 0 Å². The van der Waals surface area contributed by atoms with Gasteiger partial charge in [0.25, 0.3) is 5.92 Å². The molecule has 4 fully saturated rings. The molecule has 3 atom stereocenters. The molecule has 0 N–H and O–H groups in total. The Balaban J connectivity index is 0.000000156. The molecule has 0 saturated heterocycles. The lowest BCUT2D eigenvalue weighted by Gasteiger charge is -2.33. The minimum atomic E-state index is -2.37. The average Bonchev–Trinajstić information content (AvgIpc) is 3.13. The van der Waals surface area contributed by atoms with Crippen molar-refractivity contribution < 1.29 is 26.3 Å². The molecule has 4 aliphatic rings. The van der Waals surface area contributed by atoms with Gasteiger partial charge in [0.05, 0.1) is 0 Å². The lowest BCUT2D eigenvalue weighted by Crippen LogP contribution is -2.28. The highest BCUT2D eigenvalue weighted by atomic mass is 19.3. The molecule has 4 rings (SSSR count). The molecule has 0 aromatic carbocycles. The van der Waals surface area contributed by atoms with Crippen LogP contribution in [0.5, 0.6) is 0 Å². The first kappa shape index (κ1) is 24.8. The van der Waals surface area contributed by atoms with Crippen molar-refractivity contribution in [2.24, 2.45) is 28.6 Å². The molecule has 0 heterocycles. The smallest absolute Gasteiger partial charge is 0.207 e. The fourth-order valence-electron chi connectivity index (χ4n) is 5.17. The van der Waals surface area contributed by atoms with E-state index in [4.69, 9.17) is 0 Å². The van der Waals surface area contributed by atoms with Gasteiger partial charge in [0.1, 0.15) is 0 Å². The summed E-state index contributed by atoms with van der Waals surface area (Å²) in [6, 6.07) is 0. The second-order valence-corrected chi connectivity index (χ2v) is 11.6. The number of halogens is 6. The lowest BCUT2D eigenvalue weighted by molar-refractivity contribution is -0.0601. The van der Waals surface area contributed by atoms with Crippen molar-refractivity contribution in [3.63, 3.8) is 0 Å². The molecule has 0 amide bonds. The lowest BCUT2D eigenvalue weighted by atomic mass is 9.76. The maximum atomic E-state index is 12.8. The van der Waals surface area contributed by atoms with Gasteiger partial charge in [-0.25, -0.2) is 26.3 Å². The van der Waals surface area contributed by atoms with E-state index in [9.17, 15) is 26.3 Å². The van der Waals surface area contributed by atoms with Gasteiger partial charge in [0.15, 0.2) is 0 Å². The highest BCUT2D eigenvalue weighted by molar-refractivity contribution is 4.98. The van der Waals surface area contributed by atoms with Crippen LogP contribution in [0.4, 0.5) is 26.3 Å². The Hall–Kier alpha value is -0.420. The zero-order valence-corrected chi connectivity index (χ0v) is 18.6. The molecule has 3 unspecified atom stereocenters. The number of alkyl halides is 6. The third-order valence-corrected chi connectivity index (χ3v) is 7.42. The van der Waals surface area contributed by atoms with Gasteiger partial charge in [0.2, 0.25) is 11.8 Å². The molecule has 6 heteroatoms. The minimum absolute atomic E-state index is 0.0694. The Kier molecular flexibility index (Phi) is 7.07. The van der Waals surface area contributed by atoms with Crippen LogP contribution in [0.25, 0.3) is 0 Å². The van der Waals surface area contributed by atoms with Crippen molar-refractivity contribution in [3.8, 4) is 0 Å². The molecule has 0 spiro atoms. The van der Waals surface area contributed by atoms with E-state index in [0.717, 1.165) is 12.8 Å². The van der Waals surface area contributed by atoms with Crippen molar-refractivity contribution in [1.82, 2.24) is 0 Å². The summed E-state index contributed by atoms with van der Waals surface area (Å²) in [6.45, 7) is 10.0. The van der Waals surface area contributed by atoms with Crippen LogP contribution in [0.3, 0.4) is 0 Å². The van der Waals surface area contributed by atoms with Crippen LogP contribution in [0, 0.1) is 28.6 Å². The normalized spacial score (nSPS) is 37.1. The third kappa shape index (κ3) is 7.34. The third-order valence-electron chi connectivity index (χ3n) is 7.42. The summed E-state index contributed by atoms with van der Waals surface area (Å²) < 4.78 is 75.6. The van der Waals surface area contributed by atoms with E-state index in [-0.39, 0.29) is 48.9 Å². The highest BCUT2D eigenvalue weighted by Gasteiger charge is 2.55. The molecule has 29 heavy (non-hydrogen) atoms. The van der Waals surface area contributed by atoms with E-state index < -0.39 is 17.8 Å². The van der Waals surface area contributed by atoms with Crippen LogP contribution in [0.15, 0.2) is 0 Å². The summed E-state index contributed by atoms with van der Waals surface area (Å²) in [4.78, 5) is 0. The van der Waals surface area contributed by atoms with Gasteiger partial charge in [-0.15, -0.1) is 0 Å². The fraction of sp³-hybridized carbons (Fsp3) is 1.00. The molecule has 0 aromatic heterocycles. The van der Waals surface area contributed by atoms with E-state index in [0.29, 0.717) is 31.1 Å². The van der Waals surface area contributed by atoms with E-state index in [1.807, 2.05) is 13.8 Å². The molecule has 2 bridgehead atoms. The topological polar surface area (TPSA) is 0 Å². The van der Waals surface area contributed by atoms with Crippen molar-refractivity contribution in [3.05, 3.63) is 0 Å². The average molecular weight is 429 g/mol. The SMILES string of the molecule is CC1(C)CCC(F)(F)C1.CC1(C)CCC(F)(F)CC1.CC1CC2CC1CC2(F)F. The van der Waals surface area contributed by atoms with Gasteiger partial charge in [-0.3, -0.25) is 0 Å². The van der Waals surface area contributed by atoms with Crippen LogP contribution >= 0.6 is 0 Å². The first-order valence-corrected chi connectivity index (χ1v) is 11.1. The zero-order valence-electron chi connectivity index (χ0n) is 18.6. The van der Waals surface area contributed by atoms with E-state index in [1.165, 1.54) is 0 Å². The summed E-state index contributed by atoms with van der Waals surface area (Å²) in [6.07, 6.45) is 4.03. The molecular weight excluding hydrogens is 390 g/mol. The Morgan fingerprint density at radius 3 is 1.34 bits per heavy atom. The van der Waals surface area contributed by atoms with Gasteiger partial charge in [-0.1, -0.05) is 34.6 Å². The first-order chi connectivity index (χ1) is 12.9. The second-order valence-electron chi connectivity index (χ2n) is 11.6. The highest BCUT2D eigenvalue weighted by Crippen LogP contribution is 2.56. The largest absolute Gasteiger partial charge is 0.251 e. The maximum Gasteiger partial charge on any atom is 0.251 e. The summed E-state index contributed by atoms with van der Waals surface area (Å²) in [5.74, 6) is -6.42. The Morgan fingerprint density at radius 1 is 0.621 bits per heavy atom. The number of fused-ring (bicyclic) bond motifs is 2. The van der Waals surface area contributed by atoms with Crippen molar-refractivity contribution >= 4 is 0 Å². The van der Waals surface area contributed by atoms with Crippen molar-refractivity contribution in [1.29, 1.82) is 0 Å². The van der Waals surface area contributed by atoms with Gasteiger partial charge < -0.3 is 0 Å². The maximum absolute atomic E-state index is 12.8. The van der Waals surface area contributed by atoms with Gasteiger partial charge in [-0.05, 0) is 54.8 Å². The van der Waals surface area contributed by atoms with E-state index >= 15 is 0 Å². The summed E-state index contributed by atoms with van der Waals surface area (Å²) in [5, 5.41) is 0. The number of hydrogen-bond acceptors (Lipinski definition) is 0. The molecule has 0 radical (unpaired) electrons. The molecular formula is C23H38F6. The molecule has 172 valence electrons. The standard InChI is InChI=1S/C8H12F2.C8H14F2.C7H12F2/c1-5-2-7-3-6(5)4-8(7,9)10;1-7(2)3-5-8(9,10)6-4-7;1-6(2)3-4-7(8,9)5-6/h5-7H,2-4H2,1H3;3-6H2,1-2H3;3-5H2,1-2H3. The molecule has 4 saturated carbocycles. The molecule has 0 aliphatic heterocycles. The summed E-state index contributed by atoms with van der Waals surface area (Å²) in [7, 11) is 0. The van der Waals surface area contributed by atoms with Crippen LogP contribution < -0.4 is 0 Å². The number of rotatable bonds is 0. The van der Waals surface area contributed by atoms with E-state index in [2.05, 4.69) is 20.8 Å². The Morgan fingerprint density at radius 2 is 1.10 bits per heavy atom. The Bertz CT molecular complexity index is 508. The molecule has 0 nitrogen and oxygen atoms in total. The minimum Gasteiger partial charge on any atom is -0.207 e. The monoisotopic (exact) mass is 428 g/mol.